The number of aliphatic hydroxyl groups is 1. The molecule has 1 saturated heterocycles. The Morgan fingerprint density at radius 3 is 2.53 bits per heavy atom. The maximum absolute atomic E-state index is 13.7. The van der Waals surface area contributed by atoms with Crippen molar-refractivity contribution in [1.29, 1.82) is 0 Å². The van der Waals surface area contributed by atoms with Crippen molar-refractivity contribution in [2.24, 2.45) is 0 Å². The van der Waals surface area contributed by atoms with Crippen molar-refractivity contribution >= 4 is 23.8 Å². The zero-order valence-electron chi connectivity index (χ0n) is 20.5. The Kier molecular flexibility index (Phi) is 8.95. The van der Waals surface area contributed by atoms with Crippen LogP contribution >= 0.6 is 0 Å². The zero-order valence-corrected chi connectivity index (χ0v) is 20.5. The highest BCUT2D eigenvalue weighted by atomic mass is 16.3. The van der Waals surface area contributed by atoms with E-state index in [1.54, 1.807) is 17.0 Å². The summed E-state index contributed by atoms with van der Waals surface area (Å²) < 4.78 is 5.22. The van der Waals surface area contributed by atoms with Gasteiger partial charge in [0, 0.05) is 25.1 Å². The molecular formula is C28H35N3O5. The molecule has 1 aliphatic carbocycles. The summed E-state index contributed by atoms with van der Waals surface area (Å²) in [6.07, 6.45) is 9.77. The lowest BCUT2D eigenvalue weighted by molar-refractivity contribution is -0.142. The van der Waals surface area contributed by atoms with E-state index in [1.165, 1.54) is 24.8 Å². The van der Waals surface area contributed by atoms with E-state index in [9.17, 15) is 19.5 Å². The lowest BCUT2D eigenvalue weighted by Gasteiger charge is -2.32. The molecule has 36 heavy (non-hydrogen) atoms. The molecular weight excluding hydrogens is 458 g/mol. The smallest absolute Gasteiger partial charge is 0.251 e. The highest BCUT2D eigenvalue weighted by Crippen LogP contribution is 2.24. The Labute approximate surface area is 211 Å². The Bertz CT molecular complexity index is 1030. The summed E-state index contributed by atoms with van der Waals surface area (Å²) in [5.41, 5.74) is 0.900. The van der Waals surface area contributed by atoms with Crippen LogP contribution in [-0.2, 0) is 20.8 Å². The molecule has 0 radical (unpaired) electrons. The van der Waals surface area contributed by atoms with Crippen molar-refractivity contribution in [2.75, 3.05) is 6.54 Å². The SMILES string of the molecule is O=C(/C=C/c1ccco1)N[C@@H](Cc1ccccc1)C(=O)N1CCC[C@H]1C(O)C(=O)NC1CCCCC1. The largest absolute Gasteiger partial charge is 0.465 e. The van der Waals surface area contributed by atoms with Crippen LogP contribution in [0.3, 0.4) is 0 Å². The molecule has 192 valence electrons. The maximum atomic E-state index is 13.7. The first-order chi connectivity index (χ1) is 17.5. The van der Waals surface area contributed by atoms with Gasteiger partial charge in [-0.3, -0.25) is 14.4 Å². The van der Waals surface area contributed by atoms with Crippen LogP contribution in [0.4, 0.5) is 0 Å². The molecule has 2 aromatic rings. The molecule has 0 bridgehead atoms. The molecule has 2 aliphatic rings. The van der Waals surface area contributed by atoms with Crippen LogP contribution in [0, 0.1) is 0 Å². The van der Waals surface area contributed by atoms with E-state index in [1.807, 2.05) is 30.3 Å². The average molecular weight is 494 g/mol. The van der Waals surface area contributed by atoms with Crippen molar-refractivity contribution in [2.45, 2.75) is 75.6 Å². The summed E-state index contributed by atoms with van der Waals surface area (Å²) in [7, 11) is 0. The van der Waals surface area contributed by atoms with E-state index >= 15 is 0 Å². The van der Waals surface area contributed by atoms with E-state index in [2.05, 4.69) is 10.6 Å². The molecule has 1 unspecified atom stereocenters. The van der Waals surface area contributed by atoms with Crippen LogP contribution in [0.25, 0.3) is 6.08 Å². The number of hydrogen-bond donors (Lipinski definition) is 3. The molecule has 3 amide bonds. The highest BCUT2D eigenvalue weighted by molar-refractivity contribution is 5.95. The Morgan fingerprint density at radius 1 is 1.03 bits per heavy atom. The summed E-state index contributed by atoms with van der Waals surface area (Å²) >= 11 is 0. The summed E-state index contributed by atoms with van der Waals surface area (Å²) in [6, 6.07) is 11.5. The van der Waals surface area contributed by atoms with Gasteiger partial charge in [0.15, 0.2) is 6.10 Å². The molecule has 4 rings (SSSR count). The van der Waals surface area contributed by atoms with Crippen LogP contribution in [0.15, 0.2) is 59.2 Å². The summed E-state index contributed by atoms with van der Waals surface area (Å²) in [6.45, 7) is 0.431. The first-order valence-electron chi connectivity index (χ1n) is 12.9. The first-order valence-corrected chi connectivity index (χ1v) is 12.9. The van der Waals surface area contributed by atoms with E-state index in [0.29, 0.717) is 31.6 Å². The van der Waals surface area contributed by atoms with Gasteiger partial charge in [0.2, 0.25) is 11.8 Å². The number of nitrogens with zero attached hydrogens (tertiary/aromatic N) is 1. The molecule has 8 nitrogen and oxygen atoms in total. The van der Waals surface area contributed by atoms with Crippen LogP contribution in [0.1, 0.15) is 56.3 Å². The number of benzene rings is 1. The number of rotatable bonds is 9. The monoisotopic (exact) mass is 493 g/mol. The van der Waals surface area contributed by atoms with Gasteiger partial charge in [0.05, 0.1) is 12.3 Å². The minimum atomic E-state index is -1.30. The maximum Gasteiger partial charge on any atom is 0.251 e. The number of furan rings is 1. The third-order valence-electron chi connectivity index (χ3n) is 7.01. The van der Waals surface area contributed by atoms with Crippen LogP contribution in [0.5, 0.6) is 0 Å². The molecule has 0 spiro atoms. The fraction of sp³-hybridized carbons (Fsp3) is 0.464. The number of carbonyl (C=O) groups excluding carboxylic acids is 3. The zero-order chi connectivity index (χ0) is 25.3. The standard InChI is InChI=1S/C28H35N3O5/c32-25(16-15-22-13-8-18-36-22)30-23(19-20-9-3-1-4-10-20)28(35)31-17-7-14-24(31)26(33)27(34)29-21-11-5-2-6-12-21/h1,3-4,8-10,13,15-16,18,21,23-24,26,33H,2,5-7,11-12,14,17,19H2,(H,29,34)(H,30,32)/b16-15+/t23-,24-,26?/m0/s1. The number of aliphatic hydroxyl groups excluding tert-OH is 1. The van der Waals surface area contributed by atoms with E-state index in [0.717, 1.165) is 31.2 Å². The first kappa shape index (κ1) is 25.7. The molecule has 8 heteroatoms. The second-order valence-corrected chi connectivity index (χ2v) is 9.63. The van der Waals surface area contributed by atoms with Crippen molar-refractivity contribution in [3.05, 3.63) is 66.1 Å². The molecule has 1 aliphatic heterocycles. The quantitative estimate of drug-likeness (QED) is 0.465. The predicted octanol–water partition coefficient (Wildman–Crippen LogP) is 2.82. The van der Waals surface area contributed by atoms with Crippen molar-refractivity contribution in [3.63, 3.8) is 0 Å². The molecule has 1 saturated carbocycles. The molecule has 2 fully saturated rings. The molecule has 3 N–H and O–H groups in total. The number of hydrogen-bond acceptors (Lipinski definition) is 5. The van der Waals surface area contributed by atoms with Crippen LogP contribution in [-0.4, -0.2) is 58.5 Å². The molecule has 3 atom stereocenters. The number of likely N-dealkylation sites (tertiary alicyclic amines) is 1. The van der Waals surface area contributed by atoms with Crippen LogP contribution < -0.4 is 10.6 Å². The predicted molar refractivity (Wildman–Crippen MR) is 136 cm³/mol. The van der Waals surface area contributed by atoms with Gasteiger partial charge in [-0.2, -0.15) is 0 Å². The molecule has 1 aromatic carbocycles. The van der Waals surface area contributed by atoms with Gasteiger partial charge in [-0.05, 0) is 49.5 Å². The van der Waals surface area contributed by atoms with Gasteiger partial charge in [-0.1, -0.05) is 49.6 Å². The summed E-state index contributed by atoms with van der Waals surface area (Å²) in [4.78, 5) is 40.7. The van der Waals surface area contributed by atoms with Gasteiger partial charge in [-0.15, -0.1) is 0 Å². The number of amides is 3. The van der Waals surface area contributed by atoms with E-state index < -0.39 is 30.0 Å². The minimum Gasteiger partial charge on any atom is -0.465 e. The Hall–Kier alpha value is -3.39. The van der Waals surface area contributed by atoms with Crippen molar-refractivity contribution in [1.82, 2.24) is 15.5 Å². The minimum absolute atomic E-state index is 0.0810. The lowest BCUT2D eigenvalue weighted by Crippen LogP contribution is -2.56. The number of carbonyl (C=O) groups is 3. The van der Waals surface area contributed by atoms with Gasteiger partial charge in [0.25, 0.3) is 5.91 Å². The fourth-order valence-corrected chi connectivity index (χ4v) is 5.12. The fourth-order valence-electron chi connectivity index (χ4n) is 5.12. The van der Waals surface area contributed by atoms with E-state index in [-0.39, 0.29) is 11.9 Å². The van der Waals surface area contributed by atoms with Gasteiger partial charge in [-0.25, -0.2) is 0 Å². The van der Waals surface area contributed by atoms with Gasteiger partial charge < -0.3 is 25.1 Å². The second-order valence-electron chi connectivity index (χ2n) is 9.63. The highest BCUT2D eigenvalue weighted by Gasteiger charge is 2.40. The van der Waals surface area contributed by atoms with Crippen LogP contribution in [0.2, 0.25) is 0 Å². The third kappa shape index (κ3) is 6.85. The lowest BCUT2D eigenvalue weighted by atomic mass is 9.95. The summed E-state index contributed by atoms with van der Waals surface area (Å²) in [5.74, 6) is -0.614. The normalized spacial score (nSPS) is 20.2. The summed E-state index contributed by atoms with van der Waals surface area (Å²) in [5, 5.41) is 16.7. The average Bonchev–Trinajstić information content (AvgIpc) is 3.60. The van der Waals surface area contributed by atoms with Gasteiger partial charge >= 0.3 is 0 Å². The van der Waals surface area contributed by atoms with Crippen molar-refractivity contribution < 1.29 is 23.9 Å². The van der Waals surface area contributed by atoms with Crippen molar-refractivity contribution in [3.8, 4) is 0 Å². The number of nitrogens with one attached hydrogen (secondary N) is 2. The second kappa shape index (κ2) is 12.5. The Balaban J connectivity index is 1.45. The molecule has 1 aromatic heterocycles. The van der Waals surface area contributed by atoms with E-state index in [4.69, 9.17) is 4.42 Å². The van der Waals surface area contributed by atoms with Gasteiger partial charge in [0.1, 0.15) is 11.8 Å². The topological polar surface area (TPSA) is 112 Å². The molecule has 2 heterocycles. The third-order valence-corrected chi connectivity index (χ3v) is 7.01. The Morgan fingerprint density at radius 2 is 1.81 bits per heavy atom.